The summed E-state index contributed by atoms with van der Waals surface area (Å²) in [7, 11) is 0. The number of hydrogen-bond donors (Lipinski definition) is 1. The maximum absolute atomic E-state index is 3.52. The van der Waals surface area contributed by atoms with Crippen LogP contribution in [-0.4, -0.2) is 13.1 Å². The van der Waals surface area contributed by atoms with E-state index in [4.69, 9.17) is 0 Å². The normalized spacial score (nSPS) is 34.1. The Balaban J connectivity index is 0.000000750. The van der Waals surface area contributed by atoms with E-state index in [2.05, 4.69) is 35.6 Å². The van der Waals surface area contributed by atoms with Crippen molar-refractivity contribution >= 4 is 12.4 Å². The summed E-state index contributed by atoms with van der Waals surface area (Å²) in [6, 6.07) is 11.0. The Kier molecular flexibility index (Phi) is 2.54. The average Bonchev–Trinajstić information content (AvgIpc) is 2.19. The second-order valence-corrected chi connectivity index (χ2v) is 4.55. The molecule has 1 aromatic carbocycles. The Hall–Kier alpha value is -0.530. The number of halogens is 1. The van der Waals surface area contributed by atoms with Crippen LogP contribution in [0.15, 0.2) is 30.3 Å². The van der Waals surface area contributed by atoms with E-state index in [9.17, 15) is 0 Å². The number of fused-ring (bicyclic) bond motifs is 2. The lowest BCUT2D eigenvalue weighted by Gasteiger charge is -2.53. The molecule has 1 aromatic rings. The molecule has 3 aliphatic rings. The molecule has 4 rings (SSSR count). The molecule has 1 nitrogen and oxygen atoms in total. The zero-order valence-corrected chi connectivity index (χ0v) is 9.02. The lowest BCUT2D eigenvalue weighted by Crippen LogP contribution is -2.57. The summed E-state index contributed by atoms with van der Waals surface area (Å²) in [6.45, 7) is 2.43. The molecule has 0 atom stereocenters. The van der Waals surface area contributed by atoms with Crippen molar-refractivity contribution in [2.75, 3.05) is 13.1 Å². The Labute approximate surface area is 91.3 Å². The molecule has 2 heterocycles. The van der Waals surface area contributed by atoms with Gasteiger partial charge >= 0.3 is 0 Å². The minimum Gasteiger partial charge on any atom is -0.316 e. The molecule has 2 bridgehead atoms. The first kappa shape index (κ1) is 10.0. The van der Waals surface area contributed by atoms with Crippen molar-refractivity contribution in [2.45, 2.75) is 18.3 Å². The van der Waals surface area contributed by atoms with Gasteiger partial charge in [-0.2, -0.15) is 0 Å². The summed E-state index contributed by atoms with van der Waals surface area (Å²) >= 11 is 0. The van der Waals surface area contributed by atoms with E-state index in [-0.39, 0.29) is 12.4 Å². The fourth-order valence-corrected chi connectivity index (χ4v) is 2.98. The van der Waals surface area contributed by atoms with Gasteiger partial charge in [0, 0.05) is 12.0 Å². The van der Waals surface area contributed by atoms with Crippen LogP contribution in [0.5, 0.6) is 0 Å². The van der Waals surface area contributed by atoms with Crippen molar-refractivity contribution < 1.29 is 0 Å². The van der Waals surface area contributed by atoms with Crippen LogP contribution in [0.1, 0.15) is 18.4 Å². The van der Waals surface area contributed by atoms with Crippen molar-refractivity contribution in [3.8, 4) is 0 Å². The van der Waals surface area contributed by atoms with Gasteiger partial charge in [-0.25, -0.2) is 0 Å². The molecule has 2 saturated heterocycles. The summed E-state index contributed by atoms with van der Waals surface area (Å²) in [5.41, 5.74) is 2.04. The molecular weight excluding hydrogens is 194 g/mol. The van der Waals surface area contributed by atoms with Crippen LogP contribution in [0.4, 0.5) is 0 Å². The molecule has 0 radical (unpaired) electrons. The first-order valence-corrected chi connectivity index (χ1v) is 5.15. The van der Waals surface area contributed by atoms with Crippen molar-refractivity contribution in [1.82, 2.24) is 5.32 Å². The molecule has 1 saturated carbocycles. The quantitative estimate of drug-likeness (QED) is 0.749. The van der Waals surface area contributed by atoms with Crippen LogP contribution in [0, 0.1) is 5.92 Å². The Bertz CT molecular complexity index is 298. The van der Waals surface area contributed by atoms with Gasteiger partial charge in [0.1, 0.15) is 0 Å². The number of benzene rings is 1. The minimum atomic E-state index is 0. The van der Waals surface area contributed by atoms with Crippen molar-refractivity contribution in [1.29, 1.82) is 0 Å². The first-order valence-electron chi connectivity index (χ1n) is 5.15. The lowest BCUT2D eigenvalue weighted by molar-refractivity contribution is 0.0901. The summed E-state index contributed by atoms with van der Waals surface area (Å²) < 4.78 is 0. The smallest absolute Gasteiger partial charge is 0.00840 e. The fraction of sp³-hybridized carbons (Fsp3) is 0.500. The molecule has 76 valence electrons. The Morgan fingerprint density at radius 2 is 1.86 bits per heavy atom. The molecule has 1 aliphatic carbocycles. The highest BCUT2D eigenvalue weighted by molar-refractivity contribution is 5.85. The van der Waals surface area contributed by atoms with Gasteiger partial charge < -0.3 is 5.32 Å². The highest BCUT2D eigenvalue weighted by Gasteiger charge is 2.47. The molecule has 2 aliphatic heterocycles. The summed E-state index contributed by atoms with van der Waals surface area (Å²) in [5, 5.41) is 3.52. The van der Waals surface area contributed by atoms with Crippen LogP contribution >= 0.6 is 12.4 Å². The van der Waals surface area contributed by atoms with Gasteiger partial charge in [-0.15, -0.1) is 12.4 Å². The Morgan fingerprint density at radius 1 is 1.14 bits per heavy atom. The average molecular weight is 210 g/mol. The third-order valence-corrected chi connectivity index (χ3v) is 3.64. The molecule has 0 amide bonds. The summed E-state index contributed by atoms with van der Waals surface area (Å²) in [6.07, 6.45) is 2.81. The number of hydrogen-bond acceptors (Lipinski definition) is 1. The predicted octanol–water partition coefficient (Wildman–Crippen LogP) is 2.36. The van der Waals surface area contributed by atoms with Gasteiger partial charge in [-0.3, -0.25) is 0 Å². The summed E-state index contributed by atoms with van der Waals surface area (Å²) in [5.74, 6) is 0.953. The predicted molar refractivity (Wildman–Crippen MR) is 61.0 cm³/mol. The second kappa shape index (κ2) is 3.56. The zero-order chi connectivity index (χ0) is 8.73. The van der Waals surface area contributed by atoms with Crippen molar-refractivity contribution in [3.05, 3.63) is 35.9 Å². The van der Waals surface area contributed by atoms with Crippen molar-refractivity contribution in [3.63, 3.8) is 0 Å². The maximum atomic E-state index is 3.52. The molecule has 3 fully saturated rings. The number of rotatable bonds is 1. The molecule has 14 heavy (non-hydrogen) atoms. The highest BCUT2D eigenvalue weighted by Crippen LogP contribution is 2.49. The largest absolute Gasteiger partial charge is 0.316 e. The van der Waals surface area contributed by atoms with Crippen LogP contribution < -0.4 is 5.32 Å². The number of nitrogens with one attached hydrogen (secondary N) is 1. The zero-order valence-electron chi connectivity index (χ0n) is 8.20. The van der Waals surface area contributed by atoms with Crippen LogP contribution in [0.2, 0.25) is 0 Å². The maximum Gasteiger partial charge on any atom is 0.00840 e. The fourth-order valence-electron chi connectivity index (χ4n) is 2.98. The lowest BCUT2D eigenvalue weighted by atomic mass is 9.56. The number of piperidine rings is 2. The second-order valence-electron chi connectivity index (χ2n) is 4.55. The molecule has 0 aromatic heterocycles. The first-order chi connectivity index (χ1) is 6.39. The SMILES string of the molecule is Cl.c1ccc(C23CNCC(C2)C3)cc1. The van der Waals surface area contributed by atoms with Crippen molar-refractivity contribution in [2.24, 2.45) is 5.92 Å². The van der Waals surface area contributed by atoms with E-state index < -0.39 is 0 Å². The van der Waals surface area contributed by atoms with E-state index in [1.807, 2.05) is 0 Å². The minimum absolute atomic E-state index is 0. The highest BCUT2D eigenvalue weighted by atomic mass is 35.5. The van der Waals surface area contributed by atoms with E-state index in [0.717, 1.165) is 5.92 Å². The van der Waals surface area contributed by atoms with Crippen LogP contribution in [-0.2, 0) is 5.41 Å². The van der Waals surface area contributed by atoms with Crippen LogP contribution in [0.3, 0.4) is 0 Å². The standard InChI is InChI=1S/C12H15N.ClH/c1-2-4-11(5-3-1)12-6-10(7-12)8-13-9-12;/h1-5,10,13H,6-9H2;1H. The Morgan fingerprint density at radius 3 is 2.43 bits per heavy atom. The van der Waals surface area contributed by atoms with Crippen LogP contribution in [0.25, 0.3) is 0 Å². The molecule has 1 N–H and O–H groups in total. The molecular formula is C12H16ClN. The van der Waals surface area contributed by atoms with E-state index >= 15 is 0 Å². The van der Waals surface area contributed by atoms with Gasteiger partial charge in [0.05, 0.1) is 0 Å². The van der Waals surface area contributed by atoms with Gasteiger partial charge in [0.15, 0.2) is 0 Å². The van der Waals surface area contributed by atoms with Gasteiger partial charge in [0.25, 0.3) is 0 Å². The molecule has 0 unspecified atom stereocenters. The van der Waals surface area contributed by atoms with E-state index in [0.29, 0.717) is 5.41 Å². The van der Waals surface area contributed by atoms with Gasteiger partial charge in [-0.05, 0) is 30.9 Å². The van der Waals surface area contributed by atoms with Gasteiger partial charge in [0.2, 0.25) is 0 Å². The van der Waals surface area contributed by atoms with Gasteiger partial charge in [-0.1, -0.05) is 30.3 Å². The molecule has 0 spiro atoms. The third-order valence-electron chi connectivity index (χ3n) is 3.64. The third kappa shape index (κ3) is 1.35. The molecule has 2 heteroatoms. The van der Waals surface area contributed by atoms with E-state index in [1.54, 1.807) is 5.56 Å². The topological polar surface area (TPSA) is 12.0 Å². The summed E-state index contributed by atoms with van der Waals surface area (Å²) in [4.78, 5) is 0. The monoisotopic (exact) mass is 209 g/mol. The van der Waals surface area contributed by atoms with E-state index in [1.165, 1.54) is 25.9 Å².